The molecular formula is C15H13F2N3S. The number of aromatic nitrogens is 2. The van der Waals surface area contributed by atoms with Crippen molar-refractivity contribution in [1.29, 1.82) is 0 Å². The van der Waals surface area contributed by atoms with Gasteiger partial charge < -0.3 is 10.3 Å². The molecule has 2 N–H and O–H groups in total. The fourth-order valence-electron chi connectivity index (χ4n) is 3.20. The summed E-state index contributed by atoms with van der Waals surface area (Å²) in [5.74, 6) is -1.04. The molecule has 0 aliphatic heterocycles. The van der Waals surface area contributed by atoms with Crippen molar-refractivity contribution in [2.75, 3.05) is 5.73 Å². The zero-order valence-electron chi connectivity index (χ0n) is 11.1. The number of benzene rings is 1. The lowest BCUT2D eigenvalue weighted by molar-refractivity contribution is 0.509. The summed E-state index contributed by atoms with van der Waals surface area (Å²) in [5.41, 5.74) is 7.75. The third-order valence-corrected chi connectivity index (χ3v) is 5.07. The highest BCUT2D eigenvalue weighted by Gasteiger charge is 2.26. The Kier molecular flexibility index (Phi) is 2.75. The normalized spacial score (nSPS) is 18.1. The molecule has 2 aromatic heterocycles. The largest absolute Gasteiger partial charge is 0.369 e. The zero-order valence-corrected chi connectivity index (χ0v) is 12.0. The number of hydrogen-bond donors (Lipinski definition) is 1. The highest BCUT2D eigenvalue weighted by molar-refractivity contribution is 7.10. The number of nitrogen functional groups attached to an aromatic ring is 1. The van der Waals surface area contributed by atoms with E-state index in [1.807, 2.05) is 0 Å². The second-order valence-corrected chi connectivity index (χ2v) is 6.30. The van der Waals surface area contributed by atoms with Gasteiger partial charge in [-0.1, -0.05) is 0 Å². The third kappa shape index (κ3) is 1.86. The van der Waals surface area contributed by atoms with E-state index in [2.05, 4.69) is 16.4 Å². The molecule has 1 aliphatic carbocycles. The summed E-state index contributed by atoms with van der Waals surface area (Å²) in [4.78, 5) is 5.41. The first-order valence-electron chi connectivity index (χ1n) is 6.84. The molecule has 4 rings (SSSR count). The molecule has 1 atom stereocenters. The predicted octanol–water partition coefficient (Wildman–Crippen LogP) is 3.88. The van der Waals surface area contributed by atoms with E-state index in [0.717, 1.165) is 25.3 Å². The lowest BCUT2D eigenvalue weighted by atomic mass is 9.93. The zero-order chi connectivity index (χ0) is 14.6. The first kappa shape index (κ1) is 12.8. The number of aryl methyl sites for hydroxylation is 1. The van der Waals surface area contributed by atoms with Crippen LogP contribution in [-0.4, -0.2) is 9.55 Å². The maximum absolute atomic E-state index is 13.9. The maximum atomic E-state index is 13.9. The second kappa shape index (κ2) is 4.53. The Labute approximate surface area is 124 Å². The Bertz CT molecular complexity index is 837. The van der Waals surface area contributed by atoms with Crippen LogP contribution in [-0.2, 0) is 6.42 Å². The lowest BCUT2D eigenvalue weighted by Crippen LogP contribution is -2.17. The molecule has 1 aromatic carbocycles. The van der Waals surface area contributed by atoms with Crippen molar-refractivity contribution >= 4 is 28.3 Å². The number of halogens is 2. The number of fused-ring (bicyclic) bond motifs is 2. The fourth-order valence-corrected chi connectivity index (χ4v) is 4.18. The SMILES string of the molecule is Nc1nc2c(F)cc(F)cc2n1C1CCCc2sccc21. The van der Waals surface area contributed by atoms with Crippen LogP contribution in [0.2, 0.25) is 0 Å². The van der Waals surface area contributed by atoms with Gasteiger partial charge in [-0.3, -0.25) is 0 Å². The Hall–Kier alpha value is -1.95. The highest BCUT2D eigenvalue weighted by Crippen LogP contribution is 2.39. The molecule has 108 valence electrons. The maximum Gasteiger partial charge on any atom is 0.201 e. The van der Waals surface area contributed by atoms with E-state index in [4.69, 9.17) is 5.73 Å². The molecular weight excluding hydrogens is 292 g/mol. The number of nitrogens with two attached hydrogens (primary N) is 1. The molecule has 2 heterocycles. The molecule has 3 aromatic rings. The quantitative estimate of drug-likeness (QED) is 0.741. The van der Waals surface area contributed by atoms with E-state index in [-0.39, 0.29) is 17.5 Å². The molecule has 0 amide bonds. The Morgan fingerprint density at radius 1 is 1.33 bits per heavy atom. The number of thiophene rings is 1. The molecule has 0 bridgehead atoms. The topological polar surface area (TPSA) is 43.8 Å². The van der Waals surface area contributed by atoms with Gasteiger partial charge in [0, 0.05) is 17.0 Å². The summed E-state index contributed by atoms with van der Waals surface area (Å²) < 4.78 is 29.2. The number of imidazole rings is 1. The van der Waals surface area contributed by atoms with Crippen molar-refractivity contribution in [2.45, 2.75) is 25.3 Å². The van der Waals surface area contributed by atoms with Crippen LogP contribution < -0.4 is 5.73 Å². The number of nitrogens with zero attached hydrogens (tertiary/aromatic N) is 2. The first-order valence-corrected chi connectivity index (χ1v) is 7.72. The number of anilines is 1. The average Bonchev–Trinajstić information content (AvgIpc) is 3.02. The minimum Gasteiger partial charge on any atom is -0.369 e. The minimum absolute atomic E-state index is 0.00574. The standard InChI is InChI=1S/C15H13F2N3S/c16-8-6-10(17)14-12(7-8)20(15(18)19-14)11-2-1-3-13-9(11)4-5-21-13/h4-7,11H,1-3H2,(H2,18,19). The van der Waals surface area contributed by atoms with Gasteiger partial charge in [-0.15, -0.1) is 11.3 Å². The molecule has 3 nitrogen and oxygen atoms in total. The van der Waals surface area contributed by atoms with Gasteiger partial charge in [-0.25, -0.2) is 13.8 Å². The van der Waals surface area contributed by atoms with Crippen LogP contribution in [0.3, 0.4) is 0 Å². The van der Waals surface area contributed by atoms with Crippen molar-refractivity contribution < 1.29 is 8.78 Å². The molecule has 6 heteroatoms. The molecule has 0 saturated carbocycles. The van der Waals surface area contributed by atoms with Crippen LogP contribution >= 0.6 is 11.3 Å². The van der Waals surface area contributed by atoms with Crippen molar-refractivity contribution in [1.82, 2.24) is 9.55 Å². The van der Waals surface area contributed by atoms with Gasteiger partial charge in [0.1, 0.15) is 11.3 Å². The van der Waals surface area contributed by atoms with Crippen LogP contribution in [0.15, 0.2) is 23.6 Å². The van der Waals surface area contributed by atoms with Gasteiger partial charge in [-0.2, -0.15) is 0 Å². The van der Waals surface area contributed by atoms with Crippen molar-refractivity contribution in [3.63, 3.8) is 0 Å². The van der Waals surface area contributed by atoms with Crippen LogP contribution in [0.5, 0.6) is 0 Å². The van der Waals surface area contributed by atoms with Gasteiger partial charge in [0.2, 0.25) is 5.95 Å². The Balaban J connectivity index is 1.98. The van der Waals surface area contributed by atoms with Crippen molar-refractivity contribution in [3.8, 4) is 0 Å². The van der Waals surface area contributed by atoms with Gasteiger partial charge in [0.05, 0.1) is 11.6 Å². The first-order chi connectivity index (χ1) is 10.1. The van der Waals surface area contributed by atoms with E-state index in [1.54, 1.807) is 15.9 Å². The summed E-state index contributed by atoms with van der Waals surface area (Å²) in [5, 5.41) is 2.06. The van der Waals surface area contributed by atoms with E-state index in [0.29, 0.717) is 5.52 Å². The van der Waals surface area contributed by atoms with Gasteiger partial charge in [-0.05, 0) is 36.3 Å². The minimum atomic E-state index is -0.670. The van der Waals surface area contributed by atoms with Crippen LogP contribution in [0.1, 0.15) is 29.3 Å². The van der Waals surface area contributed by atoms with Crippen LogP contribution in [0, 0.1) is 11.6 Å². The summed E-state index contributed by atoms with van der Waals surface area (Å²) in [6, 6.07) is 4.23. The van der Waals surface area contributed by atoms with E-state index in [9.17, 15) is 8.78 Å². The lowest BCUT2D eigenvalue weighted by Gasteiger charge is -2.25. The smallest absolute Gasteiger partial charge is 0.201 e. The summed E-state index contributed by atoms with van der Waals surface area (Å²) in [6.45, 7) is 0. The summed E-state index contributed by atoms with van der Waals surface area (Å²) in [7, 11) is 0. The highest BCUT2D eigenvalue weighted by atomic mass is 32.1. The molecule has 0 fully saturated rings. The molecule has 0 radical (unpaired) electrons. The monoisotopic (exact) mass is 305 g/mol. The Morgan fingerprint density at radius 2 is 2.19 bits per heavy atom. The van der Waals surface area contributed by atoms with Gasteiger partial charge >= 0.3 is 0 Å². The van der Waals surface area contributed by atoms with E-state index in [1.165, 1.54) is 16.5 Å². The summed E-state index contributed by atoms with van der Waals surface area (Å²) >= 11 is 1.72. The Morgan fingerprint density at radius 3 is 3.05 bits per heavy atom. The third-order valence-electron chi connectivity index (χ3n) is 4.07. The molecule has 1 unspecified atom stereocenters. The number of hydrogen-bond acceptors (Lipinski definition) is 3. The van der Waals surface area contributed by atoms with Crippen LogP contribution in [0.4, 0.5) is 14.7 Å². The molecule has 21 heavy (non-hydrogen) atoms. The number of rotatable bonds is 1. The van der Waals surface area contributed by atoms with E-state index < -0.39 is 11.6 Å². The van der Waals surface area contributed by atoms with Crippen LogP contribution in [0.25, 0.3) is 11.0 Å². The fraction of sp³-hybridized carbons (Fsp3) is 0.267. The van der Waals surface area contributed by atoms with E-state index >= 15 is 0 Å². The van der Waals surface area contributed by atoms with Gasteiger partial charge in [0.25, 0.3) is 0 Å². The molecule has 0 spiro atoms. The second-order valence-electron chi connectivity index (χ2n) is 5.30. The molecule has 1 aliphatic rings. The summed E-state index contributed by atoms with van der Waals surface area (Å²) in [6.07, 6.45) is 2.99. The van der Waals surface area contributed by atoms with Crippen molar-refractivity contribution in [2.24, 2.45) is 0 Å². The molecule has 0 saturated heterocycles. The van der Waals surface area contributed by atoms with Gasteiger partial charge in [0.15, 0.2) is 5.82 Å². The predicted molar refractivity (Wildman–Crippen MR) is 79.5 cm³/mol. The van der Waals surface area contributed by atoms with Crippen molar-refractivity contribution in [3.05, 3.63) is 45.7 Å². The average molecular weight is 305 g/mol.